The van der Waals surface area contributed by atoms with Crippen LogP contribution in [0.5, 0.6) is 17.2 Å². The van der Waals surface area contributed by atoms with Crippen molar-refractivity contribution in [3.8, 4) is 17.2 Å². The SMILES string of the molecule is CC(Oc1ccc(COc2ccc(Cl)cc2)cc1)C(=O)OCCOc1ccccc1. The third-order valence-corrected chi connectivity index (χ3v) is 4.38. The molecule has 0 saturated carbocycles. The lowest BCUT2D eigenvalue weighted by Gasteiger charge is -2.14. The first-order valence-electron chi connectivity index (χ1n) is 9.58. The van der Waals surface area contributed by atoms with Gasteiger partial charge in [0.15, 0.2) is 6.10 Å². The second kappa shape index (κ2) is 11.1. The van der Waals surface area contributed by atoms with Crippen LogP contribution in [0, 0.1) is 0 Å². The van der Waals surface area contributed by atoms with Crippen molar-refractivity contribution in [3.05, 3.63) is 89.4 Å². The summed E-state index contributed by atoms with van der Waals surface area (Å²) in [5, 5.41) is 0.667. The largest absolute Gasteiger partial charge is 0.490 e. The standard InChI is InChI=1S/C24H23ClO5/c1-18(24(26)28-16-15-27-21-5-3-2-4-6-21)30-23-11-7-19(8-12-23)17-29-22-13-9-20(25)10-14-22/h2-14,18H,15-17H2,1H3. The van der Waals surface area contributed by atoms with Gasteiger partial charge >= 0.3 is 5.97 Å². The van der Waals surface area contributed by atoms with E-state index >= 15 is 0 Å². The number of hydrogen-bond acceptors (Lipinski definition) is 5. The predicted octanol–water partition coefficient (Wildman–Crippen LogP) is 5.31. The first-order chi connectivity index (χ1) is 14.6. The normalized spacial score (nSPS) is 11.4. The van der Waals surface area contributed by atoms with E-state index in [4.69, 9.17) is 30.5 Å². The summed E-state index contributed by atoms with van der Waals surface area (Å²) in [5.74, 6) is 1.61. The Labute approximate surface area is 181 Å². The predicted molar refractivity (Wildman–Crippen MR) is 115 cm³/mol. The van der Waals surface area contributed by atoms with E-state index in [0.29, 0.717) is 17.4 Å². The molecule has 0 fully saturated rings. The van der Waals surface area contributed by atoms with E-state index in [-0.39, 0.29) is 13.2 Å². The van der Waals surface area contributed by atoms with Crippen LogP contribution in [0.4, 0.5) is 0 Å². The van der Waals surface area contributed by atoms with Gasteiger partial charge in [0.1, 0.15) is 37.1 Å². The fraction of sp³-hybridized carbons (Fsp3) is 0.208. The second-order valence-electron chi connectivity index (χ2n) is 6.48. The van der Waals surface area contributed by atoms with Gasteiger partial charge in [-0.3, -0.25) is 0 Å². The molecule has 0 saturated heterocycles. The summed E-state index contributed by atoms with van der Waals surface area (Å²) in [6.07, 6.45) is -0.724. The highest BCUT2D eigenvalue weighted by molar-refractivity contribution is 6.30. The average molecular weight is 427 g/mol. The number of carbonyl (C=O) groups is 1. The zero-order chi connectivity index (χ0) is 21.2. The molecule has 0 spiro atoms. The monoisotopic (exact) mass is 426 g/mol. The minimum absolute atomic E-state index is 0.155. The van der Waals surface area contributed by atoms with Crippen molar-refractivity contribution in [1.29, 1.82) is 0 Å². The van der Waals surface area contributed by atoms with Gasteiger partial charge in [0.05, 0.1) is 0 Å². The highest BCUT2D eigenvalue weighted by Gasteiger charge is 2.16. The Kier molecular flexibility index (Phi) is 7.98. The number of esters is 1. The first kappa shape index (κ1) is 21.5. The highest BCUT2D eigenvalue weighted by atomic mass is 35.5. The van der Waals surface area contributed by atoms with Gasteiger partial charge in [0.2, 0.25) is 0 Å². The van der Waals surface area contributed by atoms with Gasteiger partial charge in [-0.25, -0.2) is 4.79 Å². The minimum Gasteiger partial charge on any atom is -0.490 e. The molecule has 0 amide bonds. The van der Waals surface area contributed by atoms with Crippen molar-refractivity contribution in [2.75, 3.05) is 13.2 Å². The maximum absolute atomic E-state index is 12.1. The van der Waals surface area contributed by atoms with Crippen molar-refractivity contribution in [2.45, 2.75) is 19.6 Å². The van der Waals surface area contributed by atoms with Crippen LogP contribution in [-0.2, 0) is 16.1 Å². The molecule has 3 rings (SSSR count). The van der Waals surface area contributed by atoms with E-state index in [1.807, 2.05) is 54.6 Å². The third kappa shape index (κ3) is 7.01. The van der Waals surface area contributed by atoms with Crippen molar-refractivity contribution in [3.63, 3.8) is 0 Å². The first-order valence-corrected chi connectivity index (χ1v) is 9.96. The summed E-state index contributed by atoms with van der Waals surface area (Å²) >= 11 is 5.86. The summed E-state index contributed by atoms with van der Waals surface area (Å²) in [7, 11) is 0. The van der Waals surface area contributed by atoms with Crippen molar-refractivity contribution in [1.82, 2.24) is 0 Å². The molecule has 0 aromatic heterocycles. The topological polar surface area (TPSA) is 54.0 Å². The molecule has 0 radical (unpaired) electrons. The zero-order valence-corrected chi connectivity index (χ0v) is 17.4. The van der Waals surface area contributed by atoms with Crippen LogP contribution in [-0.4, -0.2) is 25.3 Å². The molecule has 5 nitrogen and oxygen atoms in total. The molecule has 6 heteroatoms. The van der Waals surface area contributed by atoms with Crippen LogP contribution < -0.4 is 14.2 Å². The fourth-order valence-electron chi connectivity index (χ4n) is 2.55. The molecule has 1 atom stereocenters. The van der Waals surface area contributed by atoms with E-state index in [1.165, 1.54) is 0 Å². The summed E-state index contributed by atoms with van der Waals surface area (Å²) < 4.78 is 22.1. The third-order valence-electron chi connectivity index (χ3n) is 4.13. The molecular weight excluding hydrogens is 404 g/mol. The lowest BCUT2D eigenvalue weighted by atomic mass is 10.2. The van der Waals surface area contributed by atoms with E-state index in [9.17, 15) is 4.79 Å². The van der Waals surface area contributed by atoms with Gasteiger partial charge in [0, 0.05) is 5.02 Å². The Bertz CT molecular complexity index is 911. The van der Waals surface area contributed by atoms with Crippen LogP contribution in [0.25, 0.3) is 0 Å². The van der Waals surface area contributed by atoms with Crippen molar-refractivity contribution < 1.29 is 23.7 Å². The fourth-order valence-corrected chi connectivity index (χ4v) is 2.68. The van der Waals surface area contributed by atoms with Crippen LogP contribution in [0.3, 0.4) is 0 Å². The lowest BCUT2D eigenvalue weighted by Crippen LogP contribution is -2.27. The number of para-hydroxylation sites is 1. The smallest absolute Gasteiger partial charge is 0.347 e. The van der Waals surface area contributed by atoms with Gasteiger partial charge in [-0.1, -0.05) is 41.9 Å². The Hall–Kier alpha value is -3.18. The Balaban J connectivity index is 1.38. The lowest BCUT2D eigenvalue weighted by molar-refractivity contribution is -0.151. The molecule has 3 aromatic carbocycles. The molecular formula is C24H23ClO5. The van der Waals surface area contributed by atoms with Crippen molar-refractivity contribution >= 4 is 17.6 Å². The van der Waals surface area contributed by atoms with E-state index in [1.54, 1.807) is 31.2 Å². The molecule has 3 aromatic rings. The molecule has 0 aliphatic heterocycles. The summed E-state index contributed by atoms with van der Waals surface area (Å²) in [6, 6.07) is 23.9. The van der Waals surface area contributed by atoms with Gasteiger partial charge in [-0.2, -0.15) is 0 Å². The Morgan fingerprint density at radius 2 is 1.43 bits per heavy atom. The van der Waals surface area contributed by atoms with E-state index < -0.39 is 12.1 Å². The Morgan fingerprint density at radius 1 is 0.800 bits per heavy atom. The molecule has 0 bridgehead atoms. The molecule has 156 valence electrons. The molecule has 1 unspecified atom stereocenters. The maximum Gasteiger partial charge on any atom is 0.347 e. The summed E-state index contributed by atoms with van der Waals surface area (Å²) in [6.45, 7) is 2.51. The maximum atomic E-state index is 12.1. The van der Waals surface area contributed by atoms with Gasteiger partial charge < -0.3 is 18.9 Å². The number of halogens is 1. The Morgan fingerprint density at radius 3 is 2.13 bits per heavy atom. The van der Waals surface area contributed by atoms with Gasteiger partial charge in [0.25, 0.3) is 0 Å². The summed E-state index contributed by atoms with van der Waals surface area (Å²) in [5.41, 5.74) is 0.977. The average Bonchev–Trinajstić information content (AvgIpc) is 2.78. The highest BCUT2D eigenvalue weighted by Crippen LogP contribution is 2.19. The minimum atomic E-state index is -0.724. The molecule has 30 heavy (non-hydrogen) atoms. The zero-order valence-electron chi connectivity index (χ0n) is 16.6. The van der Waals surface area contributed by atoms with Crippen LogP contribution >= 0.6 is 11.6 Å². The molecule has 0 aliphatic carbocycles. The van der Waals surface area contributed by atoms with Gasteiger partial charge in [-0.15, -0.1) is 0 Å². The number of ether oxygens (including phenoxy) is 4. The van der Waals surface area contributed by atoms with E-state index in [2.05, 4.69) is 0 Å². The quantitative estimate of drug-likeness (QED) is 0.325. The van der Waals surface area contributed by atoms with Crippen LogP contribution in [0.2, 0.25) is 5.02 Å². The molecule has 0 aliphatic rings. The second-order valence-corrected chi connectivity index (χ2v) is 6.91. The molecule has 0 N–H and O–H groups in total. The van der Waals surface area contributed by atoms with Crippen LogP contribution in [0.15, 0.2) is 78.9 Å². The summed E-state index contributed by atoms with van der Waals surface area (Å²) in [4.78, 5) is 12.1. The molecule has 0 heterocycles. The number of carbonyl (C=O) groups excluding carboxylic acids is 1. The van der Waals surface area contributed by atoms with E-state index in [0.717, 1.165) is 17.1 Å². The number of benzene rings is 3. The number of rotatable bonds is 10. The van der Waals surface area contributed by atoms with Crippen LogP contribution in [0.1, 0.15) is 12.5 Å². The van der Waals surface area contributed by atoms with Gasteiger partial charge in [-0.05, 0) is 61.0 Å². The van der Waals surface area contributed by atoms with Crippen molar-refractivity contribution in [2.24, 2.45) is 0 Å². The number of hydrogen-bond donors (Lipinski definition) is 0.